The summed E-state index contributed by atoms with van der Waals surface area (Å²) >= 11 is 1.74. The summed E-state index contributed by atoms with van der Waals surface area (Å²) < 4.78 is 1.21. The van der Waals surface area contributed by atoms with Crippen molar-refractivity contribution in [3.05, 3.63) is 34.2 Å². The number of hydrogen-bond donors (Lipinski definition) is 0. The van der Waals surface area contributed by atoms with Crippen LogP contribution in [0.25, 0.3) is 10.1 Å². The Bertz CT molecular complexity index is 503. The monoisotopic (exact) mass is 187 g/mol. The van der Waals surface area contributed by atoms with Crippen molar-refractivity contribution >= 4 is 21.4 Å². The Balaban J connectivity index is 2.93. The van der Waals surface area contributed by atoms with E-state index >= 15 is 0 Å². The van der Waals surface area contributed by atoms with E-state index in [1.807, 2.05) is 13.0 Å². The summed E-state index contributed by atoms with van der Waals surface area (Å²) in [6.45, 7) is 4.05. The minimum Gasteiger partial charge on any atom is -0.192 e. The van der Waals surface area contributed by atoms with Gasteiger partial charge in [0.2, 0.25) is 0 Å². The molecule has 1 aromatic heterocycles. The Hall–Kier alpha value is -1.33. The van der Waals surface area contributed by atoms with Crippen LogP contribution in [0.3, 0.4) is 0 Å². The fraction of sp³-hybridized carbons (Fsp3) is 0.182. The van der Waals surface area contributed by atoms with Gasteiger partial charge in [-0.25, -0.2) is 0 Å². The zero-order valence-corrected chi connectivity index (χ0v) is 8.40. The Morgan fingerprint density at radius 1 is 1.31 bits per heavy atom. The molecule has 0 bridgehead atoms. The van der Waals surface area contributed by atoms with Gasteiger partial charge >= 0.3 is 0 Å². The molecule has 0 aliphatic heterocycles. The van der Waals surface area contributed by atoms with Crippen LogP contribution < -0.4 is 0 Å². The molecule has 0 radical (unpaired) electrons. The first-order valence-corrected chi connectivity index (χ1v) is 4.94. The summed E-state index contributed by atoms with van der Waals surface area (Å²) in [6.07, 6.45) is 0. The van der Waals surface area contributed by atoms with Gasteiger partial charge in [0.25, 0.3) is 0 Å². The molecule has 0 unspecified atom stereocenters. The standard InChI is InChI=1S/C11H9NS/c1-7-3-4-11-9(10(7)6-12)5-8(2)13-11/h3-5H,1-2H3. The van der Waals surface area contributed by atoms with E-state index < -0.39 is 0 Å². The Morgan fingerprint density at radius 2 is 2.08 bits per heavy atom. The second-order valence-corrected chi connectivity index (χ2v) is 4.43. The second kappa shape index (κ2) is 2.86. The predicted octanol–water partition coefficient (Wildman–Crippen LogP) is 3.39. The molecule has 1 nitrogen and oxygen atoms in total. The molecule has 2 rings (SSSR count). The lowest BCUT2D eigenvalue weighted by atomic mass is 10.1. The predicted molar refractivity (Wildman–Crippen MR) is 56.0 cm³/mol. The van der Waals surface area contributed by atoms with Crippen LogP contribution in [-0.4, -0.2) is 0 Å². The fourth-order valence-electron chi connectivity index (χ4n) is 1.50. The highest BCUT2D eigenvalue weighted by Gasteiger charge is 2.05. The number of thiophene rings is 1. The molecule has 0 amide bonds. The second-order valence-electron chi connectivity index (χ2n) is 3.14. The molecule has 0 saturated carbocycles. The van der Waals surface area contributed by atoms with Crippen LogP contribution in [0.2, 0.25) is 0 Å². The fourth-order valence-corrected chi connectivity index (χ4v) is 2.43. The van der Waals surface area contributed by atoms with Gasteiger partial charge in [-0.3, -0.25) is 0 Å². The number of hydrogen-bond acceptors (Lipinski definition) is 2. The van der Waals surface area contributed by atoms with E-state index in [9.17, 15) is 0 Å². The van der Waals surface area contributed by atoms with Gasteiger partial charge in [0.1, 0.15) is 6.07 Å². The number of aryl methyl sites for hydroxylation is 2. The zero-order valence-electron chi connectivity index (χ0n) is 7.59. The maximum Gasteiger partial charge on any atom is 0.100 e. The van der Waals surface area contributed by atoms with E-state index in [2.05, 4.69) is 25.1 Å². The highest BCUT2D eigenvalue weighted by molar-refractivity contribution is 7.19. The van der Waals surface area contributed by atoms with E-state index in [0.29, 0.717) is 0 Å². The average Bonchev–Trinajstić information content (AvgIpc) is 2.45. The van der Waals surface area contributed by atoms with Crippen molar-refractivity contribution < 1.29 is 0 Å². The Morgan fingerprint density at radius 3 is 2.77 bits per heavy atom. The summed E-state index contributed by atoms with van der Waals surface area (Å²) in [5.41, 5.74) is 1.88. The van der Waals surface area contributed by atoms with Crippen LogP contribution in [0.15, 0.2) is 18.2 Å². The third kappa shape index (κ3) is 1.22. The third-order valence-corrected chi connectivity index (χ3v) is 3.16. The first kappa shape index (κ1) is 8.28. The van der Waals surface area contributed by atoms with Crippen LogP contribution in [0, 0.1) is 25.2 Å². The average molecular weight is 187 g/mol. The first-order valence-electron chi connectivity index (χ1n) is 4.12. The summed E-state index contributed by atoms with van der Waals surface area (Å²) in [6, 6.07) is 8.44. The van der Waals surface area contributed by atoms with Gasteiger partial charge in [-0.2, -0.15) is 5.26 Å². The minimum atomic E-state index is 0.821. The largest absolute Gasteiger partial charge is 0.192 e. The highest BCUT2D eigenvalue weighted by atomic mass is 32.1. The van der Waals surface area contributed by atoms with Crippen LogP contribution in [0.5, 0.6) is 0 Å². The molecule has 0 fully saturated rings. The molecule has 1 heterocycles. The van der Waals surface area contributed by atoms with Gasteiger partial charge < -0.3 is 0 Å². The van der Waals surface area contributed by atoms with E-state index in [4.69, 9.17) is 5.26 Å². The Kier molecular flexibility index (Phi) is 1.82. The molecule has 0 spiro atoms. The van der Waals surface area contributed by atoms with E-state index in [-0.39, 0.29) is 0 Å². The van der Waals surface area contributed by atoms with E-state index in [1.165, 1.54) is 9.58 Å². The van der Waals surface area contributed by atoms with Gasteiger partial charge in [-0.05, 0) is 31.5 Å². The van der Waals surface area contributed by atoms with Crippen molar-refractivity contribution in [1.82, 2.24) is 0 Å². The normalized spacial score (nSPS) is 10.2. The molecule has 0 aliphatic carbocycles. The van der Waals surface area contributed by atoms with Crippen LogP contribution in [0.4, 0.5) is 0 Å². The lowest BCUT2D eigenvalue weighted by molar-refractivity contribution is 1.43. The lowest BCUT2D eigenvalue weighted by Gasteiger charge is -1.96. The van der Waals surface area contributed by atoms with E-state index in [1.54, 1.807) is 11.3 Å². The lowest BCUT2D eigenvalue weighted by Crippen LogP contribution is -1.80. The summed E-state index contributed by atoms with van der Waals surface area (Å²) in [4.78, 5) is 1.26. The van der Waals surface area contributed by atoms with Gasteiger partial charge in [0.05, 0.1) is 5.56 Å². The van der Waals surface area contributed by atoms with Gasteiger partial charge in [-0.1, -0.05) is 6.07 Å². The molecule has 2 aromatic rings. The van der Waals surface area contributed by atoms with Gasteiger partial charge in [0.15, 0.2) is 0 Å². The number of fused-ring (bicyclic) bond motifs is 1. The topological polar surface area (TPSA) is 23.8 Å². The van der Waals surface area contributed by atoms with Crippen LogP contribution in [0.1, 0.15) is 16.0 Å². The first-order chi connectivity index (χ1) is 6.22. The van der Waals surface area contributed by atoms with Crippen molar-refractivity contribution in [1.29, 1.82) is 5.26 Å². The van der Waals surface area contributed by atoms with Crippen LogP contribution >= 0.6 is 11.3 Å². The number of nitrogens with zero attached hydrogens (tertiary/aromatic N) is 1. The zero-order chi connectivity index (χ0) is 9.42. The van der Waals surface area contributed by atoms with Crippen molar-refractivity contribution in [3.8, 4) is 6.07 Å². The molecule has 13 heavy (non-hydrogen) atoms. The summed E-state index contributed by atoms with van der Waals surface area (Å²) in [5, 5.41) is 10.1. The summed E-state index contributed by atoms with van der Waals surface area (Å²) in [7, 11) is 0. The van der Waals surface area contributed by atoms with Crippen molar-refractivity contribution in [2.75, 3.05) is 0 Å². The quantitative estimate of drug-likeness (QED) is 0.620. The third-order valence-electron chi connectivity index (χ3n) is 2.14. The minimum absolute atomic E-state index is 0.821. The highest BCUT2D eigenvalue weighted by Crippen LogP contribution is 2.29. The molecular weight excluding hydrogens is 178 g/mol. The molecule has 0 N–H and O–H groups in total. The van der Waals surface area contributed by atoms with Crippen LogP contribution in [-0.2, 0) is 0 Å². The number of nitriles is 1. The molecule has 2 heteroatoms. The van der Waals surface area contributed by atoms with Crippen molar-refractivity contribution in [2.24, 2.45) is 0 Å². The number of rotatable bonds is 0. The maximum atomic E-state index is 8.98. The molecule has 64 valence electrons. The SMILES string of the molecule is Cc1cc2c(C#N)c(C)ccc2s1. The van der Waals surface area contributed by atoms with Gasteiger partial charge in [0, 0.05) is 15.0 Å². The molecule has 0 saturated heterocycles. The molecule has 0 atom stereocenters. The van der Waals surface area contributed by atoms with Crippen molar-refractivity contribution in [2.45, 2.75) is 13.8 Å². The molecule has 1 aromatic carbocycles. The summed E-state index contributed by atoms with van der Waals surface area (Å²) in [5.74, 6) is 0. The van der Waals surface area contributed by atoms with E-state index in [0.717, 1.165) is 16.5 Å². The molecular formula is C11H9NS. The van der Waals surface area contributed by atoms with Gasteiger partial charge in [-0.15, -0.1) is 11.3 Å². The van der Waals surface area contributed by atoms with Crippen molar-refractivity contribution in [3.63, 3.8) is 0 Å². The maximum absolute atomic E-state index is 8.98. The Labute approximate surface area is 81.2 Å². The molecule has 0 aliphatic rings. The number of benzene rings is 1. The smallest absolute Gasteiger partial charge is 0.100 e.